The fraction of sp³-hybridized carbons (Fsp3) is 0.462. The number of benzene rings is 1. The number of carbonyl (C=O) groups is 4. The molecule has 0 aromatic heterocycles. The number of phenols is 1. The number of aliphatic hydroxyl groups is 3. The highest BCUT2D eigenvalue weighted by Gasteiger charge is 2.67. The van der Waals surface area contributed by atoms with Gasteiger partial charge in [-0.2, -0.15) is 0 Å². The number of carbonyl (C=O) groups excluding carboxylic acids is 4. The van der Waals surface area contributed by atoms with Gasteiger partial charge in [-0.3, -0.25) is 19.3 Å². The Bertz CT molecular complexity index is 1370. The Balaban J connectivity index is 2.08. The second kappa shape index (κ2) is 9.27. The maximum atomic E-state index is 14.3. The Hall–Kier alpha value is -4.10. The number of phenolic OH excluding ortho intramolecular Hbond substituents is 1. The number of primary amides is 1. The Labute approximate surface area is 224 Å². The van der Waals surface area contributed by atoms with Crippen LogP contribution in [0.25, 0.3) is 5.76 Å². The number of nitrogens with one attached hydrogen (secondary N) is 1. The number of anilines is 1. The third kappa shape index (κ3) is 3.83. The summed E-state index contributed by atoms with van der Waals surface area (Å²) in [6, 6.07) is 1.71. The highest BCUT2D eigenvalue weighted by molar-refractivity contribution is 6.24. The number of hydrogen-bond acceptors (Lipinski definition) is 11. The molecule has 0 radical (unpaired) electrons. The summed E-state index contributed by atoms with van der Waals surface area (Å²) in [6.07, 6.45) is -1.03. The molecule has 39 heavy (non-hydrogen) atoms. The summed E-state index contributed by atoms with van der Waals surface area (Å²) in [5.41, 5.74) is 0.887. The zero-order chi connectivity index (χ0) is 29.2. The molecule has 3 aliphatic carbocycles. The van der Waals surface area contributed by atoms with E-state index in [0.29, 0.717) is 11.3 Å². The maximum absolute atomic E-state index is 14.3. The monoisotopic (exact) mass is 544 g/mol. The first kappa shape index (κ1) is 27.9. The van der Waals surface area contributed by atoms with Crippen LogP contribution in [0.5, 0.6) is 5.75 Å². The van der Waals surface area contributed by atoms with Crippen molar-refractivity contribution >= 4 is 35.0 Å². The number of nitrogens with zero attached hydrogens (tertiary/aromatic N) is 2. The van der Waals surface area contributed by atoms with Gasteiger partial charge < -0.3 is 41.1 Å². The summed E-state index contributed by atoms with van der Waals surface area (Å²) in [4.78, 5) is 55.1. The zero-order valence-corrected chi connectivity index (χ0v) is 22.2. The number of amides is 2. The van der Waals surface area contributed by atoms with Crippen molar-refractivity contribution in [3.05, 3.63) is 40.2 Å². The van der Waals surface area contributed by atoms with Crippen molar-refractivity contribution in [2.24, 2.45) is 17.1 Å². The summed E-state index contributed by atoms with van der Waals surface area (Å²) >= 11 is 0. The third-order valence-corrected chi connectivity index (χ3v) is 8.04. The SMILES string of the molecule is COC(=O)NC[C@@]12Cc3c(N(C)C)ccc(O)c3C(O)=C1C(=O)[C@]1(O)C(O)=C(C(N)=O)C(=O)[C@@H](N(C)C)[C@@H]1C2. The molecule has 2 amide bonds. The Morgan fingerprint density at radius 3 is 2.33 bits per heavy atom. The molecule has 0 unspecified atom stereocenters. The lowest BCUT2D eigenvalue weighted by molar-refractivity contribution is -0.157. The van der Waals surface area contributed by atoms with Gasteiger partial charge in [0.05, 0.1) is 18.7 Å². The standard InChI is InChI=1S/C26H32N4O9/c1-29(2)13-6-7-14(31)15-11(13)8-25(10-28-24(37)39-5)9-12-18(30(3)4)20(33)16(23(27)36)21(34)26(12,38)22(35)17(25)19(15)32/h6-7,12,18,31-32,34,38H,8-10H2,1-5H3,(H2,27,36)(H,28,37)/t12-,18-,25-,26+/m0/s1. The molecule has 0 aliphatic heterocycles. The van der Waals surface area contributed by atoms with E-state index < -0.39 is 63.6 Å². The lowest BCUT2D eigenvalue weighted by Gasteiger charge is -2.54. The van der Waals surface area contributed by atoms with Crippen molar-refractivity contribution in [3.8, 4) is 5.75 Å². The first-order chi connectivity index (χ1) is 18.1. The van der Waals surface area contributed by atoms with E-state index in [2.05, 4.69) is 5.32 Å². The van der Waals surface area contributed by atoms with Crippen LogP contribution in [-0.4, -0.2) is 102 Å². The molecule has 1 saturated carbocycles. The first-order valence-electron chi connectivity index (χ1n) is 12.1. The van der Waals surface area contributed by atoms with Gasteiger partial charge in [-0.05, 0) is 44.6 Å². The van der Waals surface area contributed by atoms with Gasteiger partial charge in [-0.15, -0.1) is 0 Å². The molecule has 0 heterocycles. The third-order valence-electron chi connectivity index (χ3n) is 8.04. The lowest BCUT2D eigenvalue weighted by atomic mass is 9.51. The van der Waals surface area contributed by atoms with E-state index in [1.807, 2.05) is 0 Å². The minimum atomic E-state index is -2.81. The average molecular weight is 545 g/mol. The molecule has 1 aromatic rings. The van der Waals surface area contributed by atoms with Crippen LogP contribution in [-0.2, 0) is 25.5 Å². The first-order valence-corrected chi connectivity index (χ1v) is 12.1. The largest absolute Gasteiger partial charge is 0.508 e. The van der Waals surface area contributed by atoms with E-state index in [1.165, 1.54) is 25.1 Å². The van der Waals surface area contributed by atoms with Crippen LogP contribution in [0.1, 0.15) is 17.5 Å². The van der Waals surface area contributed by atoms with E-state index in [9.17, 15) is 39.6 Å². The van der Waals surface area contributed by atoms with E-state index in [0.717, 1.165) is 7.11 Å². The molecule has 1 aromatic carbocycles. The number of nitrogens with two attached hydrogens (primary N) is 1. The van der Waals surface area contributed by atoms with Crippen molar-refractivity contribution in [2.75, 3.05) is 46.7 Å². The van der Waals surface area contributed by atoms with E-state index in [4.69, 9.17) is 10.5 Å². The number of ketones is 2. The van der Waals surface area contributed by atoms with Crippen LogP contribution in [0.15, 0.2) is 29.0 Å². The predicted molar refractivity (Wildman–Crippen MR) is 138 cm³/mol. The molecule has 7 N–H and O–H groups in total. The van der Waals surface area contributed by atoms with Crippen molar-refractivity contribution in [3.63, 3.8) is 0 Å². The normalized spacial score (nSPS) is 28.1. The number of ether oxygens (including phenoxy) is 1. The fourth-order valence-corrected chi connectivity index (χ4v) is 6.37. The number of fused-ring (bicyclic) bond motifs is 3. The summed E-state index contributed by atoms with van der Waals surface area (Å²) in [5, 5.41) is 47.7. The highest BCUT2D eigenvalue weighted by Crippen LogP contribution is 2.58. The van der Waals surface area contributed by atoms with E-state index in [-0.39, 0.29) is 36.3 Å². The summed E-state index contributed by atoms with van der Waals surface area (Å²) in [6.45, 7) is -0.263. The number of methoxy groups -OCH3 is 1. The molecule has 4 atom stereocenters. The summed E-state index contributed by atoms with van der Waals surface area (Å²) in [5.74, 6) is -6.88. The minimum Gasteiger partial charge on any atom is -0.508 e. The van der Waals surface area contributed by atoms with Crippen molar-refractivity contribution in [2.45, 2.75) is 24.5 Å². The van der Waals surface area contributed by atoms with Gasteiger partial charge in [-0.1, -0.05) is 0 Å². The number of aromatic hydroxyl groups is 1. The van der Waals surface area contributed by atoms with E-state index >= 15 is 0 Å². The number of aliphatic hydroxyl groups excluding tert-OH is 2. The number of likely N-dealkylation sites (N-methyl/N-ethyl adjacent to an activating group) is 1. The van der Waals surface area contributed by atoms with Crippen LogP contribution in [0.2, 0.25) is 0 Å². The smallest absolute Gasteiger partial charge is 0.406 e. The van der Waals surface area contributed by atoms with Crippen LogP contribution < -0.4 is 16.0 Å². The number of hydrogen-bond donors (Lipinski definition) is 6. The maximum Gasteiger partial charge on any atom is 0.406 e. The van der Waals surface area contributed by atoms with Crippen LogP contribution in [0.3, 0.4) is 0 Å². The molecule has 3 aliphatic rings. The molecule has 0 saturated heterocycles. The molecule has 13 nitrogen and oxygen atoms in total. The summed E-state index contributed by atoms with van der Waals surface area (Å²) in [7, 11) is 7.68. The van der Waals surface area contributed by atoms with Gasteiger partial charge in [0.15, 0.2) is 11.4 Å². The van der Waals surface area contributed by atoms with Crippen molar-refractivity contribution in [1.29, 1.82) is 0 Å². The molecule has 0 spiro atoms. The average Bonchev–Trinajstić information content (AvgIpc) is 2.84. The van der Waals surface area contributed by atoms with Gasteiger partial charge in [0, 0.05) is 43.2 Å². The lowest BCUT2D eigenvalue weighted by Crippen LogP contribution is -2.68. The van der Waals surface area contributed by atoms with Gasteiger partial charge in [0.1, 0.15) is 22.8 Å². The molecule has 210 valence electrons. The van der Waals surface area contributed by atoms with Gasteiger partial charge >= 0.3 is 6.09 Å². The topological polar surface area (TPSA) is 203 Å². The molecule has 13 heteroatoms. The molecule has 4 rings (SSSR count). The Kier molecular flexibility index (Phi) is 6.64. The second-order valence-corrected chi connectivity index (χ2v) is 10.6. The molecular weight excluding hydrogens is 512 g/mol. The highest BCUT2D eigenvalue weighted by atomic mass is 16.5. The number of alkyl carbamates (subject to hydrolysis) is 1. The molecular formula is C26H32N4O9. The van der Waals surface area contributed by atoms with Gasteiger partial charge in [0.25, 0.3) is 5.91 Å². The number of Topliss-reactive ketones (excluding diaryl/α,β-unsaturated/α-hetero) is 2. The Morgan fingerprint density at radius 2 is 1.79 bits per heavy atom. The second-order valence-electron chi connectivity index (χ2n) is 10.6. The minimum absolute atomic E-state index is 0.00650. The van der Waals surface area contributed by atoms with E-state index in [1.54, 1.807) is 25.1 Å². The molecule has 0 bridgehead atoms. The van der Waals surface area contributed by atoms with Crippen LogP contribution in [0.4, 0.5) is 10.5 Å². The Morgan fingerprint density at radius 1 is 1.15 bits per heavy atom. The van der Waals surface area contributed by atoms with Crippen LogP contribution in [0, 0.1) is 11.3 Å². The van der Waals surface area contributed by atoms with Crippen molar-refractivity contribution < 1.29 is 44.3 Å². The number of rotatable bonds is 5. The van der Waals surface area contributed by atoms with Gasteiger partial charge in [0.2, 0.25) is 5.78 Å². The molecule has 1 fully saturated rings. The predicted octanol–water partition coefficient (Wildman–Crippen LogP) is -0.244. The van der Waals surface area contributed by atoms with Crippen molar-refractivity contribution in [1.82, 2.24) is 10.2 Å². The fourth-order valence-electron chi connectivity index (χ4n) is 6.37. The van der Waals surface area contributed by atoms with Crippen LogP contribution >= 0.6 is 0 Å². The quantitative estimate of drug-likeness (QED) is 0.267. The van der Waals surface area contributed by atoms with Gasteiger partial charge in [-0.25, -0.2) is 4.79 Å². The summed E-state index contributed by atoms with van der Waals surface area (Å²) < 4.78 is 4.71. The zero-order valence-electron chi connectivity index (χ0n) is 22.2.